The van der Waals surface area contributed by atoms with Crippen molar-refractivity contribution in [2.75, 3.05) is 0 Å². The van der Waals surface area contributed by atoms with Crippen molar-refractivity contribution in [3.8, 4) is 22.5 Å². The highest BCUT2D eigenvalue weighted by molar-refractivity contribution is 6.25. The molecular formula is C44H28N2. The van der Waals surface area contributed by atoms with Gasteiger partial charge in [0.05, 0.1) is 22.1 Å². The van der Waals surface area contributed by atoms with Gasteiger partial charge in [-0.15, -0.1) is 0 Å². The molecule has 46 heavy (non-hydrogen) atoms. The maximum atomic E-state index is 2.45. The third kappa shape index (κ3) is 3.59. The van der Waals surface area contributed by atoms with Gasteiger partial charge < -0.3 is 9.13 Å². The molecule has 0 spiro atoms. The molecule has 10 rings (SSSR count). The molecule has 0 fully saturated rings. The van der Waals surface area contributed by atoms with Crippen molar-refractivity contribution in [1.82, 2.24) is 9.13 Å². The normalized spacial score (nSPS) is 11.9. The quantitative estimate of drug-likeness (QED) is 0.195. The first-order chi connectivity index (χ1) is 22.8. The molecule has 0 saturated heterocycles. The Hall–Kier alpha value is -6.12. The van der Waals surface area contributed by atoms with Crippen LogP contribution < -0.4 is 0 Å². The molecule has 0 saturated carbocycles. The van der Waals surface area contributed by atoms with Crippen LogP contribution in [0.1, 0.15) is 0 Å². The molecule has 0 N–H and O–H groups in total. The number of hydrogen-bond acceptors (Lipinski definition) is 0. The summed E-state index contributed by atoms with van der Waals surface area (Å²) in [6.07, 6.45) is 0. The number of benzene rings is 8. The van der Waals surface area contributed by atoms with Crippen molar-refractivity contribution in [3.05, 3.63) is 170 Å². The molecule has 0 aliphatic rings. The highest BCUT2D eigenvalue weighted by Crippen LogP contribution is 2.42. The first-order valence-electron chi connectivity index (χ1n) is 15.9. The van der Waals surface area contributed by atoms with Crippen LogP contribution in [-0.2, 0) is 0 Å². The predicted octanol–water partition coefficient (Wildman–Crippen LogP) is 11.9. The fourth-order valence-electron chi connectivity index (χ4n) is 7.65. The van der Waals surface area contributed by atoms with Gasteiger partial charge >= 0.3 is 0 Å². The lowest BCUT2D eigenvalue weighted by Gasteiger charge is -2.12. The van der Waals surface area contributed by atoms with Crippen LogP contribution in [0, 0.1) is 0 Å². The second kappa shape index (κ2) is 9.69. The van der Waals surface area contributed by atoms with E-state index in [9.17, 15) is 0 Å². The largest absolute Gasteiger partial charge is 0.309 e. The average Bonchev–Trinajstić information content (AvgIpc) is 3.63. The Morgan fingerprint density at radius 1 is 0.304 bits per heavy atom. The smallest absolute Gasteiger partial charge is 0.0562 e. The summed E-state index contributed by atoms with van der Waals surface area (Å²) in [5.41, 5.74) is 9.65. The summed E-state index contributed by atoms with van der Waals surface area (Å²) >= 11 is 0. The molecule has 2 nitrogen and oxygen atoms in total. The van der Waals surface area contributed by atoms with Crippen molar-refractivity contribution >= 4 is 65.2 Å². The lowest BCUT2D eigenvalue weighted by atomic mass is 9.98. The maximum Gasteiger partial charge on any atom is 0.0562 e. The molecule has 2 heteroatoms. The molecule has 2 heterocycles. The Labute approximate surface area is 266 Å². The summed E-state index contributed by atoms with van der Waals surface area (Å²) in [6.45, 7) is 0. The Morgan fingerprint density at radius 3 is 1.74 bits per heavy atom. The first-order valence-corrected chi connectivity index (χ1v) is 15.9. The minimum atomic E-state index is 1.15. The standard InChI is InChI=1S/C44H28N2/c1-2-14-32(15-3-1)45-40-20-9-8-18-37(40)38-27-39-43(28-42(38)45)46(41-26-23-30-12-5-7-17-36(30)44(39)41)33-24-21-31(22-25-33)35-19-10-13-29-11-4-6-16-34(29)35/h1-28H. The molecule has 214 valence electrons. The van der Waals surface area contributed by atoms with E-state index in [1.165, 1.54) is 82.0 Å². The highest BCUT2D eigenvalue weighted by atomic mass is 15.0. The Morgan fingerprint density at radius 2 is 0.913 bits per heavy atom. The van der Waals surface area contributed by atoms with Crippen LogP contribution in [0.2, 0.25) is 0 Å². The minimum Gasteiger partial charge on any atom is -0.309 e. The summed E-state index contributed by atoms with van der Waals surface area (Å²) < 4.78 is 4.87. The lowest BCUT2D eigenvalue weighted by Crippen LogP contribution is -1.96. The molecule has 0 radical (unpaired) electrons. The highest BCUT2D eigenvalue weighted by Gasteiger charge is 2.20. The summed E-state index contributed by atoms with van der Waals surface area (Å²) in [5, 5.41) is 10.2. The minimum absolute atomic E-state index is 1.15. The second-order valence-corrected chi connectivity index (χ2v) is 12.2. The molecule has 2 aromatic heterocycles. The monoisotopic (exact) mass is 584 g/mol. The van der Waals surface area contributed by atoms with Gasteiger partial charge in [0.2, 0.25) is 0 Å². The zero-order valence-corrected chi connectivity index (χ0v) is 25.1. The van der Waals surface area contributed by atoms with Crippen molar-refractivity contribution in [3.63, 3.8) is 0 Å². The van der Waals surface area contributed by atoms with Gasteiger partial charge in [0, 0.05) is 32.9 Å². The molecular weight excluding hydrogens is 556 g/mol. The number of para-hydroxylation sites is 2. The van der Waals surface area contributed by atoms with Crippen molar-refractivity contribution in [2.24, 2.45) is 0 Å². The van der Waals surface area contributed by atoms with E-state index in [0.717, 1.165) is 5.69 Å². The Kier molecular flexibility index (Phi) is 5.31. The van der Waals surface area contributed by atoms with E-state index < -0.39 is 0 Å². The van der Waals surface area contributed by atoms with Gasteiger partial charge in [-0.3, -0.25) is 0 Å². The lowest BCUT2D eigenvalue weighted by molar-refractivity contribution is 1.16. The van der Waals surface area contributed by atoms with Crippen LogP contribution in [0.25, 0.3) is 87.7 Å². The van der Waals surface area contributed by atoms with E-state index in [1.54, 1.807) is 0 Å². The number of nitrogens with zero attached hydrogens (tertiary/aromatic N) is 2. The number of fused-ring (bicyclic) bond motifs is 9. The molecule has 0 atom stereocenters. The van der Waals surface area contributed by atoms with Crippen LogP contribution in [0.5, 0.6) is 0 Å². The van der Waals surface area contributed by atoms with Crippen molar-refractivity contribution in [2.45, 2.75) is 0 Å². The third-order valence-corrected chi connectivity index (χ3v) is 9.69. The van der Waals surface area contributed by atoms with E-state index in [-0.39, 0.29) is 0 Å². The fraction of sp³-hybridized carbons (Fsp3) is 0. The SMILES string of the molecule is c1ccc(-n2c3ccccc3c3cc4c5c6ccccc6ccc5n(-c5ccc(-c6cccc7ccccc67)cc5)c4cc32)cc1. The maximum absolute atomic E-state index is 2.45. The molecule has 0 aliphatic carbocycles. The zero-order valence-electron chi connectivity index (χ0n) is 25.1. The van der Waals surface area contributed by atoms with Crippen LogP contribution in [0.3, 0.4) is 0 Å². The zero-order chi connectivity index (χ0) is 30.2. The average molecular weight is 585 g/mol. The molecule has 0 bridgehead atoms. The molecule has 0 aliphatic heterocycles. The van der Waals surface area contributed by atoms with E-state index >= 15 is 0 Å². The Balaban J connectivity index is 1.30. The van der Waals surface area contributed by atoms with E-state index in [0.29, 0.717) is 0 Å². The van der Waals surface area contributed by atoms with Gasteiger partial charge in [-0.25, -0.2) is 0 Å². The van der Waals surface area contributed by atoms with E-state index in [4.69, 9.17) is 0 Å². The van der Waals surface area contributed by atoms with Gasteiger partial charge in [0.25, 0.3) is 0 Å². The first kappa shape index (κ1) is 25.2. The van der Waals surface area contributed by atoms with Crippen LogP contribution in [-0.4, -0.2) is 9.13 Å². The second-order valence-electron chi connectivity index (χ2n) is 12.2. The van der Waals surface area contributed by atoms with Crippen LogP contribution >= 0.6 is 0 Å². The number of aromatic nitrogens is 2. The topological polar surface area (TPSA) is 9.86 Å². The van der Waals surface area contributed by atoms with Crippen LogP contribution in [0.15, 0.2) is 170 Å². The van der Waals surface area contributed by atoms with Crippen molar-refractivity contribution in [1.29, 1.82) is 0 Å². The van der Waals surface area contributed by atoms with Crippen LogP contribution in [0.4, 0.5) is 0 Å². The Bertz CT molecular complexity index is 2770. The van der Waals surface area contributed by atoms with Gasteiger partial charge in [0.15, 0.2) is 0 Å². The molecule has 10 aromatic rings. The van der Waals surface area contributed by atoms with Gasteiger partial charge in [-0.05, 0) is 81.2 Å². The number of hydrogen-bond donors (Lipinski definition) is 0. The fourth-order valence-corrected chi connectivity index (χ4v) is 7.65. The third-order valence-electron chi connectivity index (χ3n) is 9.69. The van der Waals surface area contributed by atoms with E-state index in [2.05, 4.69) is 179 Å². The summed E-state index contributed by atoms with van der Waals surface area (Å²) in [6, 6.07) is 62.0. The summed E-state index contributed by atoms with van der Waals surface area (Å²) in [5.74, 6) is 0. The summed E-state index contributed by atoms with van der Waals surface area (Å²) in [7, 11) is 0. The van der Waals surface area contributed by atoms with E-state index in [1.807, 2.05) is 0 Å². The molecule has 0 unspecified atom stereocenters. The summed E-state index contributed by atoms with van der Waals surface area (Å²) in [4.78, 5) is 0. The number of rotatable bonds is 3. The van der Waals surface area contributed by atoms with Crippen molar-refractivity contribution < 1.29 is 0 Å². The molecule has 0 amide bonds. The van der Waals surface area contributed by atoms with Gasteiger partial charge in [-0.2, -0.15) is 0 Å². The predicted molar refractivity (Wildman–Crippen MR) is 196 cm³/mol. The van der Waals surface area contributed by atoms with Gasteiger partial charge in [0.1, 0.15) is 0 Å². The van der Waals surface area contributed by atoms with Gasteiger partial charge in [-0.1, -0.05) is 121 Å². The molecule has 8 aromatic carbocycles.